The highest BCUT2D eigenvalue weighted by Crippen LogP contribution is 2.47. The van der Waals surface area contributed by atoms with Gasteiger partial charge in [-0.1, -0.05) is 25.9 Å². The SMILES string of the molecule is CC.CCC(CCF)c1cnc(-c2c(-c3nn(C(C)C)c4ncnc(N)c34)noc2C2CC2)nc1. The number of alkyl halides is 1. The largest absolute Gasteiger partial charge is 0.383 e. The van der Waals surface area contributed by atoms with Crippen LogP contribution >= 0.6 is 0 Å². The lowest BCUT2D eigenvalue weighted by Gasteiger charge is -2.12. The molecule has 4 heterocycles. The molecule has 0 saturated heterocycles. The van der Waals surface area contributed by atoms with Crippen LogP contribution in [0, 0.1) is 0 Å². The van der Waals surface area contributed by atoms with Gasteiger partial charge in [0.2, 0.25) is 0 Å². The first-order valence-electron chi connectivity index (χ1n) is 12.4. The number of nitrogen functional groups attached to an aromatic ring is 1. The molecule has 1 atom stereocenters. The minimum Gasteiger partial charge on any atom is -0.383 e. The summed E-state index contributed by atoms with van der Waals surface area (Å²) in [5.74, 6) is 1.98. The topological polar surface area (TPSA) is 121 Å². The molecule has 9 nitrogen and oxygen atoms in total. The van der Waals surface area contributed by atoms with Gasteiger partial charge in [-0.2, -0.15) is 5.10 Å². The van der Waals surface area contributed by atoms with E-state index >= 15 is 0 Å². The molecule has 1 aliphatic carbocycles. The van der Waals surface area contributed by atoms with Crippen LogP contribution in [0.2, 0.25) is 0 Å². The lowest BCUT2D eigenvalue weighted by Crippen LogP contribution is -2.04. The molecule has 0 bridgehead atoms. The quantitative estimate of drug-likeness (QED) is 0.333. The summed E-state index contributed by atoms with van der Waals surface area (Å²) in [6.07, 6.45) is 8.34. The molecule has 0 spiro atoms. The predicted octanol–water partition coefficient (Wildman–Crippen LogP) is 5.86. The van der Waals surface area contributed by atoms with Gasteiger partial charge in [0.25, 0.3) is 0 Å². The maximum absolute atomic E-state index is 12.9. The smallest absolute Gasteiger partial charge is 0.165 e. The minimum atomic E-state index is -0.364. The Bertz CT molecular complexity index is 1280. The average Bonchev–Trinajstić information content (AvgIpc) is 3.50. The Balaban J connectivity index is 0.00000141. The molecule has 5 rings (SSSR count). The molecule has 35 heavy (non-hydrogen) atoms. The molecule has 0 aliphatic heterocycles. The summed E-state index contributed by atoms with van der Waals surface area (Å²) in [6.45, 7) is 9.73. The van der Waals surface area contributed by atoms with E-state index in [1.54, 1.807) is 12.4 Å². The zero-order chi connectivity index (χ0) is 25.1. The number of rotatable bonds is 8. The van der Waals surface area contributed by atoms with E-state index in [0.717, 1.165) is 36.1 Å². The highest BCUT2D eigenvalue weighted by Gasteiger charge is 2.36. The first-order chi connectivity index (χ1) is 17.0. The zero-order valence-electron chi connectivity index (χ0n) is 21.0. The average molecular weight is 481 g/mol. The Morgan fingerprint density at radius 2 is 1.83 bits per heavy atom. The van der Waals surface area contributed by atoms with Crippen LogP contribution in [-0.4, -0.2) is 41.5 Å². The molecular weight excluding hydrogens is 447 g/mol. The first kappa shape index (κ1) is 24.7. The van der Waals surface area contributed by atoms with Crippen LogP contribution in [0.15, 0.2) is 23.2 Å². The molecule has 4 aromatic rings. The Kier molecular flexibility index (Phi) is 7.37. The summed E-state index contributed by atoms with van der Waals surface area (Å²) in [7, 11) is 0. The van der Waals surface area contributed by atoms with Crippen molar-refractivity contribution in [2.24, 2.45) is 0 Å². The molecule has 1 saturated carbocycles. The van der Waals surface area contributed by atoms with Gasteiger partial charge in [0.15, 0.2) is 17.2 Å². The molecule has 1 unspecified atom stereocenters. The Morgan fingerprint density at radius 3 is 2.43 bits per heavy atom. The molecule has 0 amide bonds. The predicted molar refractivity (Wildman–Crippen MR) is 134 cm³/mol. The van der Waals surface area contributed by atoms with Crippen LogP contribution in [0.25, 0.3) is 33.8 Å². The molecular formula is C25H33FN8O. The monoisotopic (exact) mass is 480 g/mol. The summed E-state index contributed by atoms with van der Waals surface area (Å²) in [5, 5.41) is 9.83. The third-order valence-electron chi connectivity index (χ3n) is 6.22. The second-order valence-corrected chi connectivity index (χ2v) is 8.81. The number of nitrogens with two attached hydrogens (primary N) is 1. The van der Waals surface area contributed by atoms with Gasteiger partial charge >= 0.3 is 0 Å². The standard InChI is InChI=1S/C23H27FN8O.C2H6/c1-4-13(7-8-24)15-9-26-22(27-10-15)16-19(31-33-20(16)14-5-6-14)18-17-21(25)28-11-29-23(17)32(30-18)12(2)3;1-2/h9-14H,4-8H2,1-3H3,(H2,25,28,29);1-2H3. The van der Waals surface area contributed by atoms with Crippen LogP contribution in [0.3, 0.4) is 0 Å². The lowest BCUT2D eigenvalue weighted by atomic mass is 9.96. The number of aromatic nitrogens is 7. The van der Waals surface area contributed by atoms with Crippen LogP contribution in [-0.2, 0) is 0 Å². The second-order valence-electron chi connectivity index (χ2n) is 8.81. The highest BCUT2D eigenvalue weighted by atomic mass is 19.1. The van der Waals surface area contributed by atoms with E-state index in [9.17, 15) is 4.39 Å². The van der Waals surface area contributed by atoms with E-state index in [4.69, 9.17) is 15.4 Å². The molecule has 2 N–H and O–H groups in total. The third kappa shape index (κ3) is 4.61. The summed E-state index contributed by atoms with van der Waals surface area (Å²) in [6, 6.07) is 0.0609. The van der Waals surface area contributed by atoms with Crippen molar-refractivity contribution in [2.45, 2.75) is 78.2 Å². The van der Waals surface area contributed by atoms with Gasteiger partial charge in [0, 0.05) is 24.4 Å². The minimum absolute atomic E-state index is 0.0609. The van der Waals surface area contributed by atoms with Gasteiger partial charge in [-0.25, -0.2) is 24.6 Å². The van der Waals surface area contributed by atoms with E-state index in [-0.39, 0.29) is 24.6 Å². The number of hydrogen-bond donors (Lipinski definition) is 1. The van der Waals surface area contributed by atoms with E-state index in [0.29, 0.717) is 40.5 Å². The van der Waals surface area contributed by atoms with Crippen LogP contribution in [0.1, 0.15) is 89.5 Å². The number of fused-ring (bicyclic) bond motifs is 1. The van der Waals surface area contributed by atoms with Gasteiger partial charge in [-0.15, -0.1) is 0 Å². The molecule has 1 aliphatic rings. The lowest BCUT2D eigenvalue weighted by molar-refractivity contribution is 0.386. The van der Waals surface area contributed by atoms with Gasteiger partial charge in [0.1, 0.15) is 23.5 Å². The molecule has 4 aromatic heterocycles. The van der Waals surface area contributed by atoms with Crippen molar-refractivity contribution in [1.82, 2.24) is 34.9 Å². The summed E-state index contributed by atoms with van der Waals surface area (Å²) in [5.41, 5.74) is 9.63. The van der Waals surface area contributed by atoms with Crippen molar-refractivity contribution in [3.8, 4) is 22.8 Å². The fraction of sp³-hybridized carbons (Fsp3) is 0.520. The van der Waals surface area contributed by atoms with E-state index in [1.807, 2.05) is 39.3 Å². The van der Waals surface area contributed by atoms with Crippen molar-refractivity contribution in [3.63, 3.8) is 0 Å². The zero-order valence-corrected chi connectivity index (χ0v) is 21.0. The van der Waals surface area contributed by atoms with Gasteiger partial charge < -0.3 is 10.3 Å². The summed E-state index contributed by atoms with van der Waals surface area (Å²) < 4.78 is 20.6. The van der Waals surface area contributed by atoms with Crippen molar-refractivity contribution in [3.05, 3.63) is 30.0 Å². The maximum atomic E-state index is 12.9. The van der Waals surface area contributed by atoms with Crippen molar-refractivity contribution >= 4 is 16.9 Å². The van der Waals surface area contributed by atoms with E-state index < -0.39 is 0 Å². The van der Waals surface area contributed by atoms with Crippen LogP contribution in [0.5, 0.6) is 0 Å². The van der Waals surface area contributed by atoms with Crippen molar-refractivity contribution < 1.29 is 8.91 Å². The normalized spacial score (nSPS) is 14.3. The molecule has 0 radical (unpaired) electrons. The number of nitrogens with zero attached hydrogens (tertiary/aromatic N) is 7. The van der Waals surface area contributed by atoms with Gasteiger partial charge in [-0.05, 0) is 51.0 Å². The van der Waals surface area contributed by atoms with Crippen molar-refractivity contribution in [1.29, 1.82) is 0 Å². The highest BCUT2D eigenvalue weighted by molar-refractivity contribution is 6.00. The molecule has 186 valence electrons. The summed E-state index contributed by atoms with van der Waals surface area (Å²) in [4.78, 5) is 17.9. The van der Waals surface area contributed by atoms with E-state index in [2.05, 4.69) is 25.1 Å². The number of halogens is 1. The molecule has 10 heteroatoms. The fourth-order valence-corrected chi connectivity index (χ4v) is 4.24. The van der Waals surface area contributed by atoms with Gasteiger partial charge in [0.05, 0.1) is 17.6 Å². The Morgan fingerprint density at radius 1 is 1.11 bits per heavy atom. The second kappa shape index (κ2) is 10.5. The van der Waals surface area contributed by atoms with Crippen LogP contribution < -0.4 is 5.73 Å². The van der Waals surface area contributed by atoms with E-state index in [1.165, 1.54) is 6.33 Å². The molecule has 1 fully saturated rings. The molecule has 0 aromatic carbocycles. The van der Waals surface area contributed by atoms with Crippen molar-refractivity contribution in [2.75, 3.05) is 12.4 Å². The summed E-state index contributed by atoms with van der Waals surface area (Å²) >= 11 is 0. The number of anilines is 1. The Hall–Kier alpha value is -3.43. The number of hydrogen-bond acceptors (Lipinski definition) is 8. The van der Waals surface area contributed by atoms with Gasteiger partial charge in [-0.3, -0.25) is 4.39 Å². The Labute approximate surface area is 204 Å². The fourth-order valence-electron chi connectivity index (χ4n) is 4.24. The maximum Gasteiger partial charge on any atom is 0.165 e. The first-order valence-corrected chi connectivity index (χ1v) is 12.4. The van der Waals surface area contributed by atoms with Crippen LogP contribution in [0.4, 0.5) is 10.2 Å². The third-order valence-corrected chi connectivity index (χ3v) is 6.22.